The van der Waals surface area contributed by atoms with Gasteiger partial charge in [-0.05, 0) is 55.2 Å². The van der Waals surface area contributed by atoms with Gasteiger partial charge in [0.1, 0.15) is 12.2 Å². The Morgan fingerprint density at radius 1 is 1.43 bits per heavy atom. The van der Waals surface area contributed by atoms with E-state index in [0.717, 1.165) is 6.42 Å². The van der Waals surface area contributed by atoms with E-state index in [0.29, 0.717) is 11.7 Å². The second-order valence-electron chi connectivity index (χ2n) is 6.51. The van der Waals surface area contributed by atoms with Gasteiger partial charge in [-0.3, -0.25) is 5.10 Å². The Labute approximate surface area is 135 Å². The number of H-pyrrole nitrogens is 1. The summed E-state index contributed by atoms with van der Waals surface area (Å²) in [5.41, 5.74) is 4.26. The number of nitrogens with zero attached hydrogens (tertiary/aromatic N) is 2. The number of aromatic amines is 1. The van der Waals surface area contributed by atoms with Gasteiger partial charge in [0.2, 0.25) is 0 Å². The van der Waals surface area contributed by atoms with Gasteiger partial charge in [-0.2, -0.15) is 5.10 Å². The highest BCUT2D eigenvalue weighted by molar-refractivity contribution is 5.75. The van der Waals surface area contributed by atoms with E-state index >= 15 is 0 Å². The molecule has 23 heavy (non-hydrogen) atoms. The average molecular weight is 311 g/mol. The Hall–Kier alpha value is -2.37. The van der Waals surface area contributed by atoms with Crippen LogP contribution in [0.1, 0.15) is 66.7 Å². The lowest BCUT2D eigenvalue weighted by Crippen LogP contribution is -2.39. The van der Waals surface area contributed by atoms with Crippen molar-refractivity contribution in [3.63, 3.8) is 0 Å². The van der Waals surface area contributed by atoms with Gasteiger partial charge in [-0.15, -0.1) is 0 Å². The monoisotopic (exact) mass is 311 g/mol. The van der Waals surface area contributed by atoms with Crippen LogP contribution in [0.25, 0.3) is 0 Å². The quantitative estimate of drug-likeness (QED) is 0.815. The van der Waals surface area contributed by atoms with Gasteiger partial charge in [-0.1, -0.05) is 18.2 Å². The zero-order valence-electron chi connectivity index (χ0n) is 13.2. The molecule has 1 aromatic heterocycles. The molecular weight excluding hydrogens is 290 g/mol. The van der Waals surface area contributed by atoms with Crippen molar-refractivity contribution >= 4 is 6.03 Å². The first-order chi connectivity index (χ1) is 11.2. The van der Waals surface area contributed by atoms with Crippen LogP contribution in [0.2, 0.25) is 0 Å². The molecule has 6 heteroatoms. The zero-order valence-corrected chi connectivity index (χ0v) is 13.2. The summed E-state index contributed by atoms with van der Waals surface area (Å²) < 4.78 is 0. The third-order valence-electron chi connectivity index (χ3n) is 5.03. The Bertz CT molecular complexity index is 712. The van der Waals surface area contributed by atoms with Gasteiger partial charge in [0.15, 0.2) is 0 Å². The predicted octanol–water partition coefficient (Wildman–Crippen LogP) is 2.73. The highest BCUT2D eigenvalue weighted by Crippen LogP contribution is 2.47. The average Bonchev–Trinajstić information content (AvgIpc) is 3.18. The number of rotatable bonds is 3. The molecule has 2 amide bonds. The van der Waals surface area contributed by atoms with E-state index in [1.54, 1.807) is 0 Å². The van der Waals surface area contributed by atoms with Crippen molar-refractivity contribution in [2.24, 2.45) is 0 Å². The maximum absolute atomic E-state index is 12.3. The summed E-state index contributed by atoms with van der Waals surface area (Å²) >= 11 is 0. The van der Waals surface area contributed by atoms with Gasteiger partial charge in [0.25, 0.3) is 0 Å². The van der Waals surface area contributed by atoms with Gasteiger partial charge in [0.05, 0.1) is 12.1 Å². The lowest BCUT2D eigenvalue weighted by molar-refractivity contribution is 0.233. The molecule has 120 valence electrons. The molecular formula is C17H21N5O. The first kappa shape index (κ1) is 14.2. The van der Waals surface area contributed by atoms with E-state index in [2.05, 4.69) is 44.0 Å². The number of carbonyl (C=O) groups excluding carboxylic acids is 1. The molecule has 0 fully saturated rings. The molecule has 2 aliphatic carbocycles. The van der Waals surface area contributed by atoms with E-state index < -0.39 is 0 Å². The minimum absolute atomic E-state index is 0.106. The summed E-state index contributed by atoms with van der Waals surface area (Å²) in [6.07, 6.45) is 6.11. The second kappa shape index (κ2) is 5.68. The first-order valence-corrected chi connectivity index (χ1v) is 8.26. The fraction of sp³-hybridized carbons (Fsp3) is 0.471. The summed E-state index contributed by atoms with van der Waals surface area (Å²) in [4.78, 5) is 16.4. The predicted molar refractivity (Wildman–Crippen MR) is 85.9 cm³/mol. The molecule has 0 radical (unpaired) electrons. The van der Waals surface area contributed by atoms with E-state index in [4.69, 9.17) is 0 Å². The van der Waals surface area contributed by atoms with Crippen LogP contribution in [0.15, 0.2) is 24.5 Å². The number of carbonyl (C=O) groups is 1. The van der Waals surface area contributed by atoms with Crippen molar-refractivity contribution in [2.45, 2.75) is 50.6 Å². The maximum atomic E-state index is 12.3. The summed E-state index contributed by atoms with van der Waals surface area (Å²) in [6.45, 7) is 1.89. The SMILES string of the molecule is C[C@H](NC(=O)N[C@@H]1C[C@H]2CCCc3cccc1c32)c1ncn[nH]1. The smallest absolute Gasteiger partial charge is 0.315 e. The summed E-state index contributed by atoms with van der Waals surface area (Å²) in [5.74, 6) is 1.26. The minimum atomic E-state index is -0.198. The number of amides is 2. The molecule has 0 spiro atoms. The molecule has 2 aliphatic rings. The molecule has 3 N–H and O–H groups in total. The molecule has 6 nitrogen and oxygen atoms in total. The van der Waals surface area contributed by atoms with Crippen molar-refractivity contribution < 1.29 is 4.79 Å². The number of aryl methyl sites for hydroxylation is 1. The fourth-order valence-corrected chi connectivity index (χ4v) is 4.01. The standard InChI is InChI=1S/C17H21N5O/c1-10(16-18-9-19-22-16)20-17(23)21-14-8-12-6-2-4-11-5-3-7-13(14)15(11)12/h3,5,7,9-10,12,14H,2,4,6,8H2,1H3,(H,18,19,22)(H2,20,21,23)/t10-,12+,14+/m0/s1. The number of hydrogen-bond donors (Lipinski definition) is 3. The molecule has 2 aromatic rings. The summed E-state index contributed by atoms with van der Waals surface area (Å²) in [5, 5.41) is 12.6. The normalized spacial score (nSPS) is 23.2. The maximum Gasteiger partial charge on any atom is 0.315 e. The molecule has 0 aliphatic heterocycles. The van der Waals surface area contributed by atoms with Crippen molar-refractivity contribution in [2.75, 3.05) is 0 Å². The number of benzene rings is 1. The number of aromatic nitrogens is 3. The first-order valence-electron chi connectivity index (χ1n) is 8.26. The highest BCUT2D eigenvalue weighted by atomic mass is 16.2. The third-order valence-corrected chi connectivity index (χ3v) is 5.03. The van der Waals surface area contributed by atoms with Gasteiger partial charge in [-0.25, -0.2) is 9.78 Å². The minimum Gasteiger partial charge on any atom is -0.331 e. The molecule has 0 unspecified atom stereocenters. The Morgan fingerprint density at radius 3 is 3.17 bits per heavy atom. The highest BCUT2D eigenvalue weighted by Gasteiger charge is 2.35. The largest absolute Gasteiger partial charge is 0.331 e. The molecule has 1 heterocycles. The van der Waals surface area contributed by atoms with E-state index in [1.165, 1.54) is 42.3 Å². The van der Waals surface area contributed by atoms with Gasteiger partial charge in [0, 0.05) is 0 Å². The zero-order chi connectivity index (χ0) is 15.8. The Balaban J connectivity index is 1.46. The molecule has 0 bridgehead atoms. The summed E-state index contributed by atoms with van der Waals surface area (Å²) in [7, 11) is 0. The van der Waals surface area contributed by atoms with E-state index in [9.17, 15) is 4.79 Å². The van der Waals surface area contributed by atoms with Crippen molar-refractivity contribution in [1.29, 1.82) is 0 Å². The topological polar surface area (TPSA) is 82.7 Å². The second-order valence-corrected chi connectivity index (χ2v) is 6.51. The van der Waals surface area contributed by atoms with Gasteiger partial charge < -0.3 is 10.6 Å². The van der Waals surface area contributed by atoms with Crippen LogP contribution in [0.5, 0.6) is 0 Å². The Morgan fingerprint density at radius 2 is 2.35 bits per heavy atom. The molecule has 4 rings (SSSR count). The Kier molecular flexibility index (Phi) is 3.52. The molecule has 3 atom stereocenters. The van der Waals surface area contributed by atoms with Crippen molar-refractivity contribution in [3.05, 3.63) is 47.0 Å². The van der Waals surface area contributed by atoms with Crippen molar-refractivity contribution in [3.8, 4) is 0 Å². The lowest BCUT2D eigenvalue weighted by Gasteiger charge is -2.20. The van der Waals surface area contributed by atoms with Gasteiger partial charge >= 0.3 is 6.03 Å². The fourth-order valence-electron chi connectivity index (χ4n) is 4.01. The van der Waals surface area contributed by atoms with Crippen LogP contribution < -0.4 is 10.6 Å². The number of nitrogens with one attached hydrogen (secondary N) is 3. The third kappa shape index (κ3) is 2.58. The van der Waals surface area contributed by atoms with Crippen LogP contribution >= 0.6 is 0 Å². The summed E-state index contributed by atoms with van der Waals surface area (Å²) in [6, 6.07) is 6.27. The van der Waals surface area contributed by atoms with Crippen LogP contribution in [0, 0.1) is 0 Å². The number of urea groups is 1. The van der Waals surface area contributed by atoms with Crippen LogP contribution in [0.3, 0.4) is 0 Å². The van der Waals surface area contributed by atoms with Crippen molar-refractivity contribution in [1.82, 2.24) is 25.8 Å². The van der Waals surface area contributed by atoms with Crippen LogP contribution in [-0.4, -0.2) is 21.2 Å². The van der Waals surface area contributed by atoms with E-state index in [1.807, 2.05) is 6.92 Å². The molecule has 0 saturated carbocycles. The van der Waals surface area contributed by atoms with E-state index in [-0.39, 0.29) is 18.1 Å². The molecule has 0 saturated heterocycles. The van der Waals surface area contributed by atoms with Crippen LogP contribution in [-0.2, 0) is 6.42 Å². The lowest BCUT2D eigenvalue weighted by atomic mass is 9.84. The number of hydrogen-bond acceptors (Lipinski definition) is 3. The van der Waals surface area contributed by atoms with Crippen LogP contribution in [0.4, 0.5) is 4.79 Å². The molecule has 1 aromatic carbocycles.